The molecule has 24 heavy (non-hydrogen) atoms. The molecule has 0 aliphatic rings. The summed E-state index contributed by atoms with van der Waals surface area (Å²) >= 11 is 0. The molecule has 1 aromatic rings. The third-order valence-corrected chi connectivity index (χ3v) is 2.83. The lowest BCUT2D eigenvalue weighted by Gasteiger charge is -2.21. The fourth-order valence-electron chi connectivity index (χ4n) is 1.75. The molecule has 0 bridgehead atoms. The number of benzene rings is 1. The number of carboxylic acids is 1. The summed E-state index contributed by atoms with van der Waals surface area (Å²) in [5.41, 5.74) is -0.338. The summed E-state index contributed by atoms with van der Waals surface area (Å²) in [7, 11) is 1.33. The van der Waals surface area contributed by atoms with Gasteiger partial charge in [0.1, 0.15) is 23.0 Å². The third-order valence-electron chi connectivity index (χ3n) is 2.83. The van der Waals surface area contributed by atoms with Crippen molar-refractivity contribution in [1.29, 1.82) is 0 Å². The zero-order valence-electron chi connectivity index (χ0n) is 14.3. The molecule has 1 atom stereocenters. The number of alkyl carbamates (subject to hydrolysis) is 1. The molecule has 0 saturated heterocycles. The molecule has 0 unspecified atom stereocenters. The van der Waals surface area contributed by atoms with Crippen molar-refractivity contribution in [3.05, 3.63) is 23.8 Å². The van der Waals surface area contributed by atoms with Crippen molar-refractivity contribution in [1.82, 2.24) is 5.32 Å². The van der Waals surface area contributed by atoms with Crippen LogP contribution >= 0.6 is 0 Å². The van der Waals surface area contributed by atoms with Gasteiger partial charge in [0, 0.05) is 11.8 Å². The first-order valence-corrected chi connectivity index (χ1v) is 7.25. The number of ether oxygens (including phenoxy) is 2. The van der Waals surface area contributed by atoms with E-state index >= 15 is 0 Å². The van der Waals surface area contributed by atoms with E-state index in [9.17, 15) is 14.4 Å². The average Bonchev–Trinajstić information content (AvgIpc) is 2.44. The molecule has 0 fully saturated rings. The standard InChI is InChI=1S/C16H22N2O6/c1-9(17-15(22)24-16(2,3)4)13(19)18-10-6-7-11(14(20)21)12(8-10)23-5/h6-9H,1-5H3,(H,17,22)(H,18,19)(H,20,21)/t9-/m1/s1. The number of nitrogens with one attached hydrogen (secondary N) is 2. The van der Waals surface area contributed by atoms with Crippen molar-refractivity contribution < 1.29 is 29.0 Å². The fraction of sp³-hybridized carbons (Fsp3) is 0.438. The van der Waals surface area contributed by atoms with Gasteiger partial charge in [-0.3, -0.25) is 4.79 Å². The van der Waals surface area contributed by atoms with Crippen LogP contribution in [0, 0.1) is 0 Å². The highest BCUT2D eigenvalue weighted by atomic mass is 16.6. The molecule has 0 saturated carbocycles. The van der Waals surface area contributed by atoms with Gasteiger partial charge < -0.3 is 25.2 Å². The Morgan fingerprint density at radius 2 is 1.83 bits per heavy atom. The second kappa shape index (κ2) is 7.67. The molecule has 2 amide bonds. The van der Waals surface area contributed by atoms with Gasteiger partial charge in [0.2, 0.25) is 5.91 Å². The van der Waals surface area contributed by atoms with E-state index < -0.39 is 29.6 Å². The first kappa shape index (κ1) is 19.3. The molecule has 8 heteroatoms. The van der Waals surface area contributed by atoms with Crippen LogP contribution in [0.3, 0.4) is 0 Å². The van der Waals surface area contributed by atoms with Crippen LogP contribution in [0.5, 0.6) is 5.75 Å². The predicted molar refractivity (Wildman–Crippen MR) is 87.4 cm³/mol. The summed E-state index contributed by atoms with van der Waals surface area (Å²) in [4.78, 5) is 34.8. The Bertz CT molecular complexity index is 636. The zero-order chi connectivity index (χ0) is 18.5. The summed E-state index contributed by atoms with van der Waals surface area (Å²) < 4.78 is 10.1. The number of aromatic carboxylic acids is 1. The molecule has 0 aromatic heterocycles. The molecule has 0 heterocycles. The maximum atomic E-state index is 12.1. The number of hydrogen-bond donors (Lipinski definition) is 3. The van der Waals surface area contributed by atoms with Crippen LogP contribution in [0.2, 0.25) is 0 Å². The molecule has 132 valence electrons. The number of carbonyl (C=O) groups is 3. The second-order valence-electron chi connectivity index (χ2n) is 6.08. The molecule has 0 aliphatic carbocycles. The molecule has 1 aromatic carbocycles. The monoisotopic (exact) mass is 338 g/mol. The largest absolute Gasteiger partial charge is 0.496 e. The lowest BCUT2D eigenvalue weighted by molar-refractivity contribution is -0.117. The normalized spacial score (nSPS) is 12.0. The van der Waals surface area contributed by atoms with Crippen molar-refractivity contribution in [3.63, 3.8) is 0 Å². The quantitative estimate of drug-likeness (QED) is 0.759. The Labute approximate surface area is 140 Å². The minimum absolute atomic E-state index is 0.0181. The Morgan fingerprint density at radius 3 is 2.33 bits per heavy atom. The first-order chi connectivity index (χ1) is 11.0. The average molecular weight is 338 g/mol. The van der Waals surface area contributed by atoms with Gasteiger partial charge >= 0.3 is 12.1 Å². The Balaban J connectivity index is 2.73. The molecule has 0 aliphatic heterocycles. The number of amides is 2. The first-order valence-electron chi connectivity index (χ1n) is 7.25. The summed E-state index contributed by atoms with van der Waals surface area (Å²) in [5.74, 6) is -1.50. The molecule has 8 nitrogen and oxygen atoms in total. The highest BCUT2D eigenvalue weighted by Crippen LogP contribution is 2.23. The number of hydrogen-bond acceptors (Lipinski definition) is 5. The van der Waals surface area contributed by atoms with Gasteiger partial charge in [0.15, 0.2) is 0 Å². The number of methoxy groups -OCH3 is 1. The van der Waals surface area contributed by atoms with Crippen molar-refractivity contribution in [2.45, 2.75) is 39.3 Å². The van der Waals surface area contributed by atoms with E-state index in [0.29, 0.717) is 5.69 Å². The van der Waals surface area contributed by atoms with Crippen LogP contribution < -0.4 is 15.4 Å². The number of anilines is 1. The molecular weight excluding hydrogens is 316 g/mol. The van der Waals surface area contributed by atoms with Crippen LogP contribution in [0.15, 0.2) is 18.2 Å². The SMILES string of the molecule is COc1cc(NC(=O)[C@@H](C)NC(=O)OC(C)(C)C)ccc1C(=O)O. The van der Waals surface area contributed by atoms with Crippen LogP contribution in [0.25, 0.3) is 0 Å². The molecule has 0 spiro atoms. The van der Waals surface area contributed by atoms with Gasteiger partial charge in [-0.2, -0.15) is 0 Å². The molecule has 3 N–H and O–H groups in total. The van der Waals surface area contributed by atoms with Gasteiger partial charge in [-0.15, -0.1) is 0 Å². The van der Waals surface area contributed by atoms with E-state index in [1.54, 1.807) is 20.8 Å². The maximum Gasteiger partial charge on any atom is 0.408 e. The van der Waals surface area contributed by atoms with E-state index in [4.69, 9.17) is 14.6 Å². The van der Waals surface area contributed by atoms with E-state index in [2.05, 4.69) is 10.6 Å². The van der Waals surface area contributed by atoms with Gasteiger partial charge in [0.05, 0.1) is 7.11 Å². The second-order valence-corrected chi connectivity index (χ2v) is 6.08. The Hall–Kier alpha value is -2.77. The van der Waals surface area contributed by atoms with Crippen molar-refractivity contribution in [3.8, 4) is 5.75 Å². The van der Waals surface area contributed by atoms with E-state index in [-0.39, 0.29) is 11.3 Å². The van der Waals surface area contributed by atoms with Gasteiger partial charge in [0.25, 0.3) is 0 Å². The zero-order valence-corrected chi connectivity index (χ0v) is 14.3. The molecular formula is C16H22N2O6. The number of rotatable bonds is 5. The van der Waals surface area contributed by atoms with Crippen molar-refractivity contribution in [2.24, 2.45) is 0 Å². The van der Waals surface area contributed by atoms with Crippen LogP contribution in [0.1, 0.15) is 38.1 Å². The Morgan fingerprint density at radius 1 is 1.21 bits per heavy atom. The maximum absolute atomic E-state index is 12.1. The van der Waals surface area contributed by atoms with Gasteiger partial charge in [-0.25, -0.2) is 9.59 Å². The minimum Gasteiger partial charge on any atom is -0.496 e. The lowest BCUT2D eigenvalue weighted by atomic mass is 10.1. The van der Waals surface area contributed by atoms with E-state index in [0.717, 1.165) is 0 Å². The summed E-state index contributed by atoms with van der Waals surface area (Å²) in [6.45, 7) is 6.65. The molecule has 0 radical (unpaired) electrons. The van der Waals surface area contributed by atoms with Gasteiger partial charge in [-0.05, 0) is 39.8 Å². The van der Waals surface area contributed by atoms with Gasteiger partial charge in [-0.1, -0.05) is 0 Å². The van der Waals surface area contributed by atoms with E-state index in [1.807, 2.05) is 0 Å². The minimum atomic E-state index is -1.13. The van der Waals surface area contributed by atoms with E-state index in [1.165, 1.54) is 32.2 Å². The highest BCUT2D eigenvalue weighted by Gasteiger charge is 2.21. The van der Waals surface area contributed by atoms with Crippen LogP contribution in [0.4, 0.5) is 10.5 Å². The number of carbonyl (C=O) groups excluding carboxylic acids is 2. The highest BCUT2D eigenvalue weighted by molar-refractivity contribution is 5.97. The summed E-state index contributed by atoms with van der Waals surface area (Å²) in [6, 6.07) is 3.30. The number of carboxylic acid groups (broad SMARTS) is 1. The van der Waals surface area contributed by atoms with Crippen molar-refractivity contribution in [2.75, 3.05) is 12.4 Å². The summed E-state index contributed by atoms with van der Waals surface area (Å²) in [6.07, 6.45) is -0.705. The topological polar surface area (TPSA) is 114 Å². The third kappa shape index (κ3) is 5.79. The van der Waals surface area contributed by atoms with Crippen molar-refractivity contribution >= 4 is 23.7 Å². The van der Waals surface area contributed by atoms with Crippen LogP contribution in [-0.4, -0.2) is 41.8 Å². The molecule has 1 rings (SSSR count). The lowest BCUT2D eigenvalue weighted by Crippen LogP contribution is -2.43. The Kier molecular flexibility index (Phi) is 6.16. The summed E-state index contributed by atoms with van der Waals surface area (Å²) in [5, 5.41) is 14.0. The predicted octanol–water partition coefficient (Wildman–Crippen LogP) is 2.25. The van der Waals surface area contributed by atoms with Crippen LogP contribution in [-0.2, 0) is 9.53 Å². The smallest absolute Gasteiger partial charge is 0.408 e. The fourth-order valence-corrected chi connectivity index (χ4v) is 1.75.